The van der Waals surface area contributed by atoms with Gasteiger partial charge < -0.3 is 10.6 Å². The summed E-state index contributed by atoms with van der Waals surface area (Å²) in [7, 11) is -3.78. The minimum atomic E-state index is -3.78. The van der Waals surface area contributed by atoms with E-state index in [0.29, 0.717) is 17.3 Å². The largest absolute Gasteiger partial charge is 0.326 e. The van der Waals surface area contributed by atoms with Crippen molar-refractivity contribution in [3.05, 3.63) is 54.1 Å². The van der Waals surface area contributed by atoms with Crippen LogP contribution in [0.3, 0.4) is 0 Å². The molecular weight excluding hydrogens is 390 g/mol. The molecule has 0 heterocycles. The van der Waals surface area contributed by atoms with Gasteiger partial charge >= 0.3 is 0 Å². The molecule has 2 aromatic carbocycles. The third kappa shape index (κ3) is 6.13. The molecule has 8 heteroatoms. The van der Waals surface area contributed by atoms with E-state index >= 15 is 0 Å². The molecule has 0 aliphatic heterocycles. The van der Waals surface area contributed by atoms with E-state index in [1.165, 1.54) is 6.92 Å². The van der Waals surface area contributed by atoms with Gasteiger partial charge in [-0.2, -0.15) is 4.31 Å². The highest BCUT2D eigenvalue weighted by atomic mass is 32.2. The van der Waals surface area contributed by atoms with Gasteiger partial charge in [0, 0.05) is 24.8 Å². The number of hydrogen-bond donors (Lipinski definition) is 2. The maximum absolute atomic E-state index is 12.9. The third-order valence-electron chi connectivity index (χ3n) is 4.35. The molecule has 2 N–H and O–H groups in total. The van der Waals surface area contributed by atoms with Crippen LogP contribution in [0.2, 0.25) is 0 Å². The second kappa shape index (κ2) is 9.67. The highest BCUT2D eigenvalue weighted by Crippen LogP contribution is 2.20. The van der Waals surface area contributed by atoms with Gasteiger partial charge in [-0.05, 0) is 47.9 Å². The molecule has 0 aliphatic carbocycles. The van der Waals surface area contributed by atoms with Crippen molar-refractivity contribution in [2.75, 3.05) is 23.7 Å². The zero-order valence-electron chi connectivity index (χ0n) is 17.1. The summed E-state index contributed by atoms with van der Waals surface area (Å²) in [6.45, 7) is 7.05. The number of nitrogens with zero attached hydrogens (tertiary/aromatic N) is 1. The second-order valence-electron chi connectivity index (χ2n) is 6.96. The average molecular weight is 418 g/mol. The molecule has 0 atom stereocenters. The number of likely N-dealkylation sites (N-methyl/N-ethyl adjacent to an activating group) is 1. The first-order valence-electron chi connectivity index (χ1n) is 9.41. The Labute approximate surface area is 172 Å². The second-order valence-corrected chi connectivity index (χ2v) is 8.90. The monoisotopic (exact) mass is 417 g/mol. The fourth-order valence-electron chi connectivity index (χ4n) is 2.74. The Kier molecular flexibility index (Phi) is 7.53. The molecule has 0 aliphatic rings. The molecule has 0 unspecified atom stereocenters. The molecule has 2 aromatic rings. The zero-order valence-corrected chi connectivity index (χ0v) is 17.9. The van der Waals surface area contributed by atoms with Gasteiger partial charge in [0.1, 0.15) is 0 Å². The predicted molar refractivity (Wildman–Crippen MR) is 114 cm³/mol. The first-order chi connectivity index (χ1) is 13.6. The zero-order chi connectivity index (χ0) is 21.6. The molecule has 0 radical (unpaired) electrons. The average Bonchev–Trinajstić information content (AvgIpc) is 2.67. The first-order valence-corrected chi connectivity index (χ1v) is 10.8. The van der Waals surface area contributed by atoms with E-state index in [2.05, 4.69) is 10.6 Å². The molecular formula is C21H27N3O4S. The SMILES string of the molecule is CCN(CC(=O)Nc1ccc(NC(C)=O)cc1)S(=O)(=O)c1ccc(C(C)C)cc1. The Balaban J connectivity index is 2.07. The van der Waals surface area contributed by atoms with Gasteiger partial charge in [-0.25, -0.2) is 8.42 Å². The van der Waals surface area contributed by atoms with Crippen LogP contribution in [0.1, 0.15) is 39.2 Å². The summed E-state index contributed by atoms with van der Waals surface area (Å²) in [5, 5.41) is 5.31. The summed E-state index contributed by atoms with van der Waals surface area (Å²) in [6, 6.07) is 13.3. The van der Waals surface area contributed by atoms with Crippen molar-refractivity contribution in [3.63, 3.8) is 0 Å². The number of carbonyl (C=O) groups is 2. The fourth-order valence-corrected chi connectivity index (χ4v) is 4.15. The van der Waals surface area contributed by atoms with Gasteiger partial charge in [-0.15, -0.1) is 0 Å². The fraction of sp³-hybridized carbons (Fsp3) is 0.333. The van der Waals surface area contributed by atoms with Crippen molar-refractivity contribution < 1.29 is 18.0 Å². The van der Waals surface area contributed by atoms with Crippen molar-refractivity contribution in [2.45, 2.75) is 38.5 Å². The molecule has 2 rings (SSSR count). The Morgan fingerprint density at radius 1 is 0.931 bits per heavy atom. The van der Waals surface area contributed by atoms with Crippen LogP contribution in [0, 0.1) is 0 Å². The van der Waals surface area contributed by atoms with E-state index in [4.69, 9.17) is 0 Å². The van der Waals surface area contributed by atoms with Crippen molar-refractivity contribution in [2.24, 2.45) is 0 Å². The van der Waals surface area contributed by atoms with Gasteiger partial charge in [-0.3, -0.25) is 9.59 Å². The highest BCUT2D eigenvalue weighted by molar-refractivity contribution is 7.89. The Morgan fingerprint density at radius 2 is 1.45 bits per heavy atom. The summed E-state index contributed by atoms with van der Waals surface area (Å²) in [5.74, 6) is -0.328. The standard InChI is InChI=1S/C21H27N3O4S/c1-5-24(29(27,28)20-12-6-17(7-13-20)15(2)3)14-21(26)23-19-10-8-18(9-11-19)22-16(4)25/h6-13,15H,5,14H2,1-4H3,(H,22,25)(H,23,26). The summed E-state index contributed by atoms with van der Waals surface area (Å²) in [5.41, 5.74) is 2.17. The predicted octanol–water partition coefficient (Wildman–Crippen LogP) is 3.42. The van der Waals surface area contributed by atoms with Crippen LogP contribution in [0.5, 0.6) is 0 Å². The van der Waals surface area contributed by atoms with Crippen LogP contribution < -0.4 is 10.6 Å². The van der Waals surface area contributed by atoms with Crippen molar-refractivity contribution in [1.82, 2.24) is 4.31 Å². The first kappa shape index (κ1) is 22.6. The minimum Gasteiger partial charge on any atom is -0.326 e. The maximum atomic E-state index is 12.9. The molecule has 0 saturated carbocycles. The van der Waals surface area contributed by atoms with Crippen LogP contribution in [-0.2, 0) is 19.6 Å². The molecule has 0 bridgehead atoms. The lowest BCUT2D eigenvalue weighted by Gasteiger charge is -2.20. The van der Waals surface area contributed by atoms with Crippen LogP contribution in [0.4, 0.5) is 11.4 Å². The van der Waals surface area contributed by atoms with Gasteiger partial charge in [0.15, 0.2) is 0 Å². The van der Waals surface area contributed by atoms with E-state index in [9.17, 15) is 18.0 Å². The number of sulfonamides is 1. The van der Waals surface area contributed by atoms with Crippen LogP contribution in [-0.4, -0.2) is 37.6 Å². The number of nitrogens with one attached hydrogen (secondary N) is 2. The third-order valence-corrected chi connectivity index (χ3v) is 6.28. The molecule has 156 valence electrons. The summed E-state index contributed by atoms with van der Waals surface area (Å²) >= 11 is 0. The van der Waals surface area contributed by atoms with Crippen LogP contribution >= 0.6 is 0 Å². The number of hydrogen-bond acceptors (Lipinski definition) is 4. The lowest BCUT2D eigenvalue weighted by Crippen LogP contribution is -2.37. The van der Waals surface area contributed by atoms with Crippen molar-refractivity contribution in [3.8, 4) is 0 Å². The van der Waals surface area contributed by atoms with E-state index in [-0.39, 0.29) is 23.9 Å². The van der Waals surface area contributed by atoms with Gasteiger partial charge in [0.25, 0.3) is 0 Å². The lowest BCUT2D eigenvalue weighted by molar-refractivity contribution is -0.116. The smallest absolute Gasteiger partial charge is 0.243 e. The quantitative estimate of drug-likeness (QED) is 0.688. The van der Waals surface area contributed by atoms with E-state index in [1.54, 1.807) is 55.5 Å². The number of anilines is 2. The van der Waals surface area contributed by atoms with Crippen LogP contribution in [0.15, 0.2) is 53.4 Å². The van der Waals surface area contributed by atoms with Crippen LogP contribution in [0.25, 0.3) is 0 Å². The highest BCUT2D eigenvalue weighted by Gasteiger charge is 2.25. The number of carbonyl (C=O) groups excluding carboxylic acids is 2. The normalized spacial score (nSPS) is 11.5. The van der Waals surface area contributed by atoms with Gasteiger partial charge in [-0.1, -0.05) is 32.9 Å². The van der Waals surface area contributed by atoms with E-state index in [0.717, 1.165) is 9.87 Å². The minimum absolute atomic E-state index is 0.163. The summed E-state index contributed by atoms with van der Waals surface area (Å²) in [4.78, 5) is 23.6. The van der Waals surface area contributed by atoms with E-state index < -0.39 is 15.9 Å². The Morgan fingerprint density at radius 3 is 1.90 bits per heavy atom. The maximum Gasteiger partial charge on any atom is 0.243 e. The number of benzene rings is 2. The molecule has 0 aromatic heterocycles. The number of amides is 2. The van der Waals surface area contributed by atoms with E-state index in [1.807, 2.05) is 13.8 Å². The number of rotatable bonds is 8. The summed E-state index contributed by atoms with van der Waals surface area (Å²) in [6.07, 6.45) is 0. The van der Waals surface area contributed by atoms with Crippen molar-refractivity contribution >= 4 is 33.2 Å². The lowest BCUT2D eigenvalue weighted by atomic mass is 10.0. The molecule has 0 saturated heterocycles. The van der Waals surface area contributed by atoms with Crippen molar-refractivity contribution in [1.29, 1.82) is 0 Å². The summed E-state index contributed by atoms with van der Waals surface area (Å²) < 4.78 is 26.9. The Bertz CT molecular complexity index is 952. The molecule has 2 amide bonds. The van der Waals surface area contributed by atoms with Gasteiger partial charge in [0.05, 0.1) is 11.4 Å². The molecule has 7 nitrogen and oxygen atoms in total. The molecule has 29 heavy (non-hydrogen) atoms. The van der Waals surface area contributed by atoms with Gasteiger partial charge in [0.2, 0.25) is 21.8 Å². The Hall–Kier alpha value is -2.71. The molecule has 0 fully saturated rings. The molecule has 0 spiro atoms. The topological polar surface area (TPSA) is 95.6 Å².